The molecule has 0 bridgehead atoms. The number of hydrogen-bond donors (Lipinski definition) is 0. The SMILES string of the molecule is C1=CO[Se]N=C1. The van der Waals surface area contributed by atoms with Crippen molar-refractivity contribution in [2.75, 3.05) is 0 Å². The molecular weight excluding hydrogens is 145 g/mol. The Bertz CT molecular complexity index is 76.8. The Morgan fingerprint density at radius 2 is 2.67 bits per heavy atom. The van der Waals surface area contributed by atoms with Gasteiger partial charge in [0.1, 0.15) is 0 Å². The molecule has 0 radical (unpaired) electrons. The Morgan fingerprint density at radius 3 is 2.83 bits per heavy atom. The van der Waals surface area contributed by atoms with E-state index in [-0.39, 0.29) is 15.5 Å². The maximum atomic E-state index is 4.75. The Kier molecular flexibility index (Phi) is 1.30. The molecule has 0 aromatic rings. The minimum absolute atomic E-state index is 0.0365. The number of rotatable bonds is 0. The van der Waals surface area contributed by atoms with Crippen LogP contribution in [-0.4, -0.2) is 21.7 Å². The van der Waals surface area contributed by atoms with Crippen LogP contribution >= 0.6 is 0 Å². The number of hydrogen-bond acceptors (Lipinski definition) is 2. The summed E-state index contributed by atoms with van der Waals surface area (Å²) in [5.41, 5.74) is 0. The van der Waals surface area contributed by atoms with Crippen LogP contribution < -0.4 is 0 Å². The molecule has 0 saturated carbocycles. The van der Waals surface area contributed by atoms with Crippen LogP contribution in [-0.2, 0) is 3.82 Å². The van der Waals surface area contributed by atoms with Crippen LogP contribution in [0.1, 0.15) is 0 Å². The third-order valence-corrected chi connectivity index (χ3v) is 1.22. The molecule has 0 unspecified atom stereocenters. The second-order valence-electron chi connectivity index (χ2n) is 0.754. The number of allylic oxidation sites excluding steroid dienone is 1. The van der Waals surface area contributed by atoms with Crippen molar-refractivity contribution in [2.24, 2.45) is 4.01 Å². The van der Waals surface area contributed by atoms with Crippen LogP contribution in [0.15, 0.2) is 16.3 Å². The molecule has 1 aliphatic rings. The number of nitrogens with zero attached hydrogens (tertiary/aromatic N) is 1. The second kappa shape index (κ2) is 2.00. The van der Waals surface area contributed by atoms with Gasteiger partial charge in [-0.3, -0.25) is 0 Å². The second-order valence-corrected chi connectivity index (χ2v) is 1.91. The van der Waals surface area contributed by atoms with Gasteiger partial charge in [-0.05, 0) is 0 Å². The zero-order valence-corrected chi connectivity index (χ0v) is 4.71. The van der Waals surface area contributed by atoms with E-state index in [1.807, 2.05) is 0 Å². The van der Waals surface area contributed by atoms with Crippen LogP contribution in [0.4, 0.5) is 0 Å². The van der Waals surface area contributed by atoms with Crippen molar-refractivity contribution in [2.45, 2.75) is 0 Å². The van der Waals surface area contributed by atoms with E-state index in [2.05, 4.69) is 4.01 Å². The van der Waals surface area contributed by atoms with Gasteiger partial charge in [0.2, 0.25) is 0 Å². The summed E-state index contributed by atoms with van der Waals surface area (Å²) >= 11 is 0.0365. The van der Waals surface area contributed by atoms with Crippen LogP contribution in [0.5, 0.6) is 0 Å². The van der Waals surface area contributed by atoms with Crippen molar-refractivity contribution >= 4 is 21.7 Å². The van der Waals surface area contributed by atoms with Gasteiger partial charge in [-0.15, -0.1) is 0 Å². The van der Waals surface area contributed by atoms with E-state index < -0.39 is 0 Å². The molecule has 1 rings (SSSR count). The fourth-order valence-electron chi connectivity index (χ4n) is 0.177. The van der Waals surface area contributed by atoms with Gasteiger partial charge in [0.15, 0.2) is 0 Å². The van der Waals surface area contributed by atoms with E-state index in [9.17, 15) is 0 Å². The van der Waals surface area contributed by atoms with Gasteiger partial charge in [-0.25, -0.2) is 0 Å². The molecule has 3 heteroatoms. The summed E-state index contributed by atoms with van der Waals surface area (Å²) in [5, 5.41) is 0. The third-order valence-electron chi connectivity index (χ3n) is 0.367. The van der Waals surface area contributed by atoms with Gasteiger partial charge in [-0.1, -0.05) is 0 Å². The molecule has 0 aliphatic carbocycles. The first-order chi connectivity index (χ1) is 3.00. The first kappa shape index (κ1) is 3.90. The summed E-state index contributed by atoms with van der Waals surface area (Å²) in [6.45, 7) is 0. The van der Waals surface area contributed by atoms with Gasteiger partial charge < -0.3 is 0 Å². The van der Waals surface area contributed by atoms with E-state index in [4.69, 9.17) is 3.82 Å². The van der Waals surface area contributed by atoms with E-state index in [1.165, 1.54) is 0 Å². The van der Waals surface area contributed by atoms with Crippen molar-refractivity contribution in [3.63, 3.8) is 0 Å². The molecule has 0 saturated heterocycles. The zero-order chi connectivity index (χ0) is 4.24. The van der Waals surface area contributed by atoms with Crippen molar-refractivity contribution in [3.8, 4) is 0 Å². The quantitative estimate of drug-likeness (QED) is 0.447. The van der Waals surface area contributed by atoms with Gasteiger partial charge >= 0.3 is 41.9 Å². The van der Waals surface area contributed by atoms with E-state index >= 15 is 0 Å². The van der Waals surface area contributed by atoms with Crippen molar-refractivity contribution < 1.29 is 3.82 Å². The molecule has 0 atom stereocenters. The van der Waals surface area contributed by atoms with Crippen LogP contribution in [0.25, 0.3) is 0 Å². The molecule has 6 heavy (non-hydrogen) atoms. The Labute approximate surface area is 42.6 Å². The van der Waals surface area contributed by atoms with Crippen molar-refractivity contribution in [3.05, 3.63) is 12.3 Å². The first-order valence-electron chi connectivity index (χ1n) is 1.51. The van der Waals surface area contributed by atoms with Crippen molar-refractivity contribution in [1.29, 1.82) is 0 Å². The third kappa shape index (κ3) is 0.846. The predicted molar refractivity (Wildman–Crippen MR) is 24.5 cm³/mol. The Hall–Kier alpha value is -0.271. The molecule has 0 amide bonds. The molecular formula is C3H3NOSe. The molecule has 0 aromatic carbocycles. The standard InChI is InChI=1S/C3H3NOSe/c1-2-4-6-5-3-1/h1-3H. The fourth-order valence-corrected chi connectivity index (χ4v) is 0.772. The molecule has 1 aliphatic heterocycles. The summed E-state index contributed by atoms with van der Waals surface area (Å²) in [7, 11) is 0. The Balaban J connectivity index is 2.46. The molecule has 2 nitrogen and oxygen atoms in total. The van der Waals surface area contributed by atoms with Crippen LogP contribution in [0.3, 0.4) is 0 Å². The molecule has 32 valence electrons. The maximum absolute atomic E-state index is 4.75. The summed E-state index contributed by atoms with van der Waals surface area (Å²) in [6, 6.07) is 0. The normalized spacial score (nSPS) is 17.3. The monoisotopic (exact) mass is 149 g/mol. The van der Waals surface area contributed by atoms with E-state index in [1.54, 1.807) is 18.6 Å². The van der Waals surface area contributed by atoms with Crippen LogP contribution in [0, 0.1) is 0 Å². The predicted octanol–water partition coefficient (Wildman–Crippen LogP) is 0.135. The molecule has 0 spiro atoms. The molecule has 0 N–H and O–H groups in total. The van der Waals surface area contributed by atoms with Gasteiger partial charge in [-0.2, -0.15) is 0 Å². The topological polar surface area (TPSA) is 21.6 Å². The molecule has 0 aromatic heterocycles. The Morgan fingerprint density at radius 1 is 1.67 bits per heavy atom. The van der Waals surface area contributed by atoms with E-state index in [0.29, 0.717) is 0 Å². The molecule has 1 heterocycles. The zero-order valence-electron chi connectivity index (χ0n) is 3.00. The van der Waals surface area contributed by atoms with Gasteiger partial charge in [0, 0.05) is 0 Å². The first-order valence-corrected chi connectivity index (χ1v) is 2.98. The molecule has 0 fully saturated rings. The summed E-state index contributed by atoms with van der Waals surface area (Å²) in [4.78, 5) is 0. The minimum atomic E-state index is 0.0365. The summed E-state index contributed by atoms with van der Waals surface area (Å²) < 4.78 is 8.56. The fraction of sp³-hybridized carbons (Fsp3) is 0. The average molecular weight is 148 g/mol. The van der Waals surface area contributed by atoms with Gasteiger partial charge in [0.05, 0.1) is 0 Å². The summed E-state index contributed by atoms with van der Waals surface area (Å²) in [6.07, 6.45) is 5.15. The average Bonchev–Trinajstić information content (AvgIpc) is 1.72. The van der Waals surface area contributed by atoms with E-state index in [0.717, 1.165) is 0 Å². The van der Waals surface area contributed by atoms with Gasteiger partial charge in [0.25, 0.3) is 0 Å². The van der Waals surface area contributed by atoms with Crippen molar-refractivity contribution in [1.82, 2.24) is 0 Å². The summed E-state index contributed by atoms with van der Waals surface area (Å²) in [5.74, 6) is 0. The van der Waals surface area contributed by atoms with Crippen LogP contribution in [0.2, 0.25) is 0 Å².